The average molecular weight is 375 g/mol. The van der Waals surface area contributed by atoms with Crippen LogP contribution in [-0.2, 0) is 11.3 Å². The highest BCUT2D eigenvalue weighted by Gasteiger charge is 2.18. The van der Waals surface area contributed by atoms with Crippen molar-refractivity contribution < 1.29 is 23.4 Å². The Kier molecular flexibility index (Phi) is 7.46. The Labute approximate surface area is 159 Å². The fraction of sp³-hybridized carbons (Fsp3) is 0.381. The molecule has 1 amide bonds. The van der Waals surface area contributed by atoms with Crippen LogP contribution < -0.4 is 19.5 Å². The summed E-state index contributed by atoms with van der Waals surface area (Å²) in [5.41, 5.74) is 0.882. The number of ether oxygens (including phenoxy) is 3. The maximum absolute atomic E-state index is 13.0. The third-order valence-electron chi connectivity index (χ3n) is 3.81. The largest absolute Gasteiger partial charge is 0.493 e. The van der Waals surface area contributed by atoms with E-state index < -0.39 is 6.10 Å². The second-order valence-electron chi connectivity index (χ2n) is 6.34. The van der Waals surface area contributed by atoms with Gasteiger partial charge in [0, 0.05) is 6.54 Å². The van der Waals surface area contributed by atoms with Crippen LogP contribution in [0, 0.1) is 5.82 Å². The number of methoxy groups -OCH3 is 1. The molecule has 1 N–H and O–H groups in total. The quantitative estimate of drug-likeness (QED) is 0.717. The van der Waals surface area contributed by atoms with Gasteiger partial charge in [-0.25, -0.2) is 4.39 Å². The van der Waals surface area contributed by atoms with E-state index in [4.69, 9.17) is 14.2 Å². The summed E-state index contributed by atoms with van der Waals surface area (Å²) in [6.07, 6.45) is -0.118. The molecule has 0 heterocycles. The van der Waals surface area contributed by atoms with Crippen molar-refractivity contribution in [3.05, 3.63) is 53.8 Å². The van der Waals surface area contributed by atoms with E-state index in [1.165, 1.54) is 24.3 Å². The SMILES string of the molecule is CC[C@@H](Oc1ccc(F)cc1)C(=O)NCc1ccc(OC(C)C)c(OC)c1. The highest BCUT2D eigenvalue weighted by Crippen LogP contribution is 2.29. The van der Waals surface area contributed by atoms with E-state index in [1.807, 2.05) is 39.0 Å². The Hall–Kier alpha value is -2.76. The van der Waals surface area contributed by atoms with Crippen molar-refractivity contribution in [3.8, 4) is 17.2 Å². The molecule has 0 aliphatic rings. The summed E-state index contributed by atoms with van der Waals surface area (Å²) in [5.74, 6) is 1.15. The molecule has 0 radical (unpaired) electrons. The third kappa shape index (κ3) is 6.16. The van der Waals surface area contributed by atoms with Crippen LogP contribution in [0.2, 0.25) is 0 Å². The van der Waals surface area contributed by atoms with Gasteiger partial charge in [0.05, 0.1) is 13.2 Å². The molecule has 0 fully saturated rings. The second kappa shape index (κ2) is 9.80. The average Bonchev–Trinajstić information content (AvgIpc) is 2.66. The summed E-state index contributed by atoms with van der Waals surface area (Å²) in [4.78, 5) is 12.4. The summed E-state index contributed by atoms with van der Waals surface area (Å²) >= 11 is 0. The molecule has 1 atom stereocenters. The molecule has 146 valence electrons. The number of carbonyl (C=O) groups is 1. The number of halogens is 1. The van der Waals surface area contributed by atoms with Crippen LogP contribution >= 0.6 is 0 Å². The first kappa shape index (κ1) is 20.6. The fourth-order valence-corrected chi connectivity index (χ4v) is 2.48. The van der Waals surface area contributed by atoms with Gasteiger partial charge in [0.1, 0.15) is 11.6 Å². The Morgan fingerprint density at radius 1 is 1.07 bits per heavy atom. The predicted molar refractivity (Wildman–Crippen MR) is 102 cm³/mol. The van der Waals surface area contributed by atoms with Crippen LogP contribution in [0.1, 0.15) is 32.8 Å². The van der Waals surface area contributed by atoms with Crippen molar-refractivity contribution in [3.63, 3.8) is 0 Å². The molecule has 0 saturated carbocycles. The molecular weight excluding hydrogens is 349 g/mol. The summed E-state index contributed by atoms with van der Waals surface area (Å²) in [6, 6.07) is 11.1. The maximum Gasteiger partial charge on any atom is 0.261 e. The van der Waals surface area contributed by atoms with Crippen molar-refractivity contribution >= 4 is 5.91 Å². The number of amides is 1. The third-order valence-corrected chi connectivity index (χ3v) is 3.81. The predicted octanol–water partition coefficient (Wildman–Crippen LogP) is 4.10. The van der Waals surface area contributed by atoms with E-state index in [0.717, 1.165) is 5.56 Å². The molecule has 2 aromatic rings. The summed E-state index contributed by atoms with van der Waals surface area (Å²) in [6.45, 7) is 6.08. The van der Waals surface area contributed by atoms with Crippen LogP contribution in [0.25, 0.3) is 0 Å². The van der Waals surface area contributed by atoms with Gasteiger partial charge in [0.15, 0.2) is 17.6 Å². The van der Waals surface area contributed by atoms with Crippen molar-refractivity contribution in [2.75, 3.05) is 7.11 Å². The molecule has 0 saturated heterocycles. The number of rotatable bonds is 9. The van der Waals surface area contributed by atoms with E-state index in [9.17, 15) is 9.18 Å². The molecule has 5 nitrogen and oxygen atoms in total. The van der Waals surface area contributed by atoms with E-state index in [2.05, 4.69) is 5.32 Å². The first-order valence-electron chi connectivity index (χ1n) is 8.96. The van der Waals surface area contributed by atoms with Gasteiger partial charge in [-0.2, -0.15) is 0 Å². The zero-order chi connectivity index (χ0) is 19.8. The summed E-state index contributed by atoms with van der Waals surface area (Å²) in [7, 11) is 1.58. The molecule has 27 heavy (non-hydrogen) atoms. The highest BCUT2D eigenvalue weighted by atomic mass is 19.1. The lowest BCUT2D eigenvalue weighted by Gasteiger charge is -2.18. The van der Waals surface area contributed by atoms with Gasteiger partial charge in [-0.05, 0) is 62.2 Å². The smallest absolute Gasteiger partial charge is 0.261 e. The Bertz CT molecular complexity index is 746. The van der Waals surface area contributed by atoms with Crippen molar-refractivity contribution in [2.45, 2.75) is 45.9 Å². The molecule has 6 heteroatoms. The number of benzene rings is 2. The zero-order valence-electron chi connectivity index (χ0n) is 16.1. The van der Waals surface area contributed by atoms with Gasteiger partial charge in [-0.3, -0.25) is 4.79 Å². The van der Waals surface area contributed by atoms with E-state index in [0.29, 0.717) is 30.2 Å². The monoisotopic (exact) mass is 375 g/mol. The first-order chi connectivity index (χ1) is 12.9. The van der Waals surface area contributed by atoms with Crippen LogP contribution in [0.5, 0.6) is 17.2 Å². The van der Waals surface area contributed by atoms with Crippen molar-refractivity contribution in [1.29, 1.82) is 0 Å². The van der Waals surface area contributed by atoms with Gasteiger partial charge in [0.2, 0.25) is 0 Å². The normalized spacial score (nSPS) is 11.8. The van der Waals surface area contributed by atoms with Gasteiger partial charge >= 0.3 is 0 Å². The number of hydrogen-bond donors (Lipinski definition) is 1. The maximum atomic E-state index is 13.0. The molecular formula is C21H26FNO4. The lowest BCUT2D eigenvalue weighted by atomic mass is 10.2. The minimum Gasteiger partial charge on any atom is -0.493 e. The van der Waals surface area contributed by atoms with Gasteiger partial charge in [0.25, 0.3) is 5.91 Å². The van der Waals surface area contributed by atoms with Gasteiger partial charge in [-0.1, -0.05) is 13.0 Å². The molecule has 0 spiro atoms. The molecule has 0 aliphatic heterocycles. The van der Waals surface area contributed by atoms with E-state index in [1.54, 1.807) is 7.11 Å². The molecule has 0 aromatic heterocycles. The van der Waals surface area contributed by atoms with Crippen LogP contribution in [0.15, 0.2) is 42.5 Å². The molecule has 0 bridgehead atoms. The first-order valence-corrected chi connectivity index (χ1v) is 8.96. The summed E-state index contributed by atoms with van der Waals surface area (Å²) < 4.78 is 29.7. The van der Waals surface area contributed by atoms with Crippen LogP contribution in [-0.4, -0.2) is 25.2 Å². The Balaban J connectivity index is 1.97. The van der Waals surface area contributed by atoms with Crippen LogP contribution in [0.3, 0.4) is 0 Å². The standard InChI is InChI=1S/C21H26FNO4/c1-5-18(27-17-9-7-16(22)8-10-17)21(24)23-13-15-6-11-19(26-14(2)3)20(12-15)25-4/h6-12,14,18H,5,13H2,1-4H3,(H,23,24)/t18-/m1/s1. The topological polar surface area (TPSA) is 56.8 Å². The van der Waals surface area contributed by atoms with E-state index in [-0.39, 0.29) is 17.8 Å². The van der Waals surface area contributed by atoms with Crippen molar-refractivity contribution in [2.24, 2.45) is 0 Å². The number of nitrogens with one attached hydrogen (secondary N) is 1. The van der Waals surface area contributed by atoms with Gasteiger partial charge in [-0.15, -0.1) is 0 Å². The lowest BCUT2D eigenvalue weighted by molar-refractivity contribution is -0.128. The Morgan fingerprint density at radius 2 is 1.78 bits per heavy atom. The van der Waals surface area contributed by atoms with Gasteiger partial charge < -0.3 is 19.5 Å². The lowest BCUT2D eigenvalue weighted by Crippen LogP contribution is -2.37. The zero-order valence-corrected chi connectivity index (χ0v) is 16.1. The van der Waals surface area contributed by atoms with Crippen LogP contribution in [0.4, 0.5) is 4.39 Å². The number of carbonyl (C=O) groups excluding carboxylic acids is 1. The van der Waals surface area contributed by atoms with E-state index >= 15 is 0 Å². The molecule has 0 unspecified atom stereocenters. The fourth-order valence-electron chi connectivity index (χ4n) is 2.48. The molecule has 0 aliphatic carbocycles. The minimum absolute atomic E-state index is 0.0402. The molecule has 2 aromatic carbocycles. The molecule has 2 rings (SSSR count). The minimum atomic E-state index is -0.652. The Morgan fingerprint density at radius 3 is 2.37 bits per heavy atom. The van der Waals surface area contributed by atoms with Crippen molar-refractivity contribution in [1.82, 2.24) is 5.32 Å². The second-order valence-corrected chi connectivity index (χ2v) is 6.34. The summed E-state index contributed by atoms with van der Waals surface area (Å²) in [5, 5.41) is 2.86. The highest BCUT2D eigenvalue weighted by molar-refractivity contribution is 5.81. The number of hydrogen-bond acceptors (Lipinski definition) is 4.